The fraction of sp³-hybridized carbons (Fsp3) is 0.176. The lowest BCUT2D eigenvalue weighted by molar-refractivity contribution is 0.102. The first-order valence-corrected chi connectivity index (χ1v) is 8.07. The SMILES string of the molecule is CCn1ccc(=O)c(NC(=O)c2nnn(-c3ccccc3Cl)c2C)c1. The monoisotopic (exact) mass is 357 g/mol. The zero-order valence-corrected chi connectivity index (χ0v) is 14.5. The highest BCUT2D eigenvalue weighted by Crippen LogP contribution is 2.21. The average molecular weight is 358 g/mol. The first kappa shape index (κ1) is 16.9. The van der Waals surface area contributed by atoms with Crippen molar-refractivity contribution >= 4 is 23.2 Å². The number of hydrogen-bond acceptors (Lipinski definition) is 4. The van der Waals surface area contributed by atoms with Gasteiger partial charge in [0.1, 0.15) is 5.69 Å². The number of anilines is 1. The molecule has 0 radical (unpaired) electrons. The van der Waals surface area contributed by atoms with Crippen molar-refractivity contribution in [3.8, 4) is 5.69 Å². The molecular weight excluding hydrogens is 342 g/mol. The summed E-state index contributed by atoms with van der Waals surface area (Å²) in [5.74, 6) is -0.498. The zero-order chi connectivity index (χ0) is 18.0. The van der Waals surface area contributed by atoms with Crippen LogP contribution in [0.2, 0.25) is 5.02 Å². The number of nitrogens with zero attached hydrogens (tertiary/aromatic N) is 4. The first-order chi connectivity index (χ1) is 12.0. The van der Waals surface area contributed by atoms with E-state index >= 15 is 0 Å². The predicted molar refractivity (Wildman–Crippen MR) is 95.4 cm³/mol. The van der Waals surface area contributed by atoms with Crippen molar-refractivity contribution in [3.05, 3.63) is 69.4 Å². The number of aryl methyl sites for hydroxylation is 1. The second kappa shape index (κ2) is 6.90. The van der Waals surface area contributed by atoms with E-state index in [2.05, 4.69) is 15.6 Å². The van der Waals surface area contributed by atoms with Crippen molar-refractivity contribution in [2.45, 2.75) is 20.4 Å². The summed E-state index contributed by atoms with van der Waals surface area (Å²) >= 11 is 6.17. The molecule has 3 rings (SSSR count). The van der Waals surface area contributed by atoms with Gasteiger partial charge in [-0.25, -0.2) is 4.68 Å². The second-order valence-electron chi connectivity index (χ2n) is 5.39. The Bertz CT molecular complexity index is 993. The summed E-state index contributed by atoms with van der Waals surface area (Å²) in [6, 6.07) is 8.55. The first-order valence-electron chi connectivity index (χ1n) is 7.70. The molecule has 0 aliphatic rings. The van der Waals surface area contributed by atoms with Gasteiger partial charge in [-0.3, -0.25) is 9.59 Å². The molecule has 0 saturated heterocycles. The molecule has 1 aromatic carbocycles. The standard InChI is InChI=1S/C17H16ClN5O2/c1-3-22-9-8-15(24)13(10-22)19-17(25)16-11(2)23(21-20-16)14-7-5-4-6-12(14)18/h4-10H,3H2,1-2H3,(H,19,25). The molecule has 1 amide bonds. The predicted octanol–water partition coefficient (Wildman–Crippen LogP) is 2.66. The molecule has 0 unspecified atom stereocenters. The van der Waals surface area contributed by atoms with E-state index in [4.69, 9.17) is 11.6 Å². The third kappa shape index (κ3) is 3.32. The summed E-state index contributed by atoms with van der Waals surface area (Å²) in [5, 5.41) is 11.0. The van der Waals surface area contributed by atoms with E-state index in [0.717, 1.165) is 0 Å². The van der Waals surface area contributed by atoms with Crippen LogP contribution in [0.15, 0.2) is 47.5 Å². The molecule has 8 heteroatoms. The van der Waals surface area contributed by atoms with E-state index in [9.17, 15) is 9.59 Å². The van der Waals surface area contributed by atoms with E-state index in [0.29, 0.717) is 22.9 Å². The number of rotatable bonds is 4. The summed E-state index contributed by atoms with van der Waals surface area (Å²) in [6.07, 6.45) is 3.25. The van der Waals surface area contributed by atoms with Gasteiger partial charge in [-0.15, -0.1) is 5.10 Å². The van der Waals surface area contributed by atoms with Crippen molar-refractivity contribution in [2.75, 3.05) is 5.32 Å². The van der Waals surface area contributed by atoms with Crippen molar-refractivity contribution in [2.24, 2.45) is 0 Å². The number of aromatic nitrogens is 4. The van der Waals surface area contributed by atoms with Crippen LogP contribution in [-0.2, 0) is 6.54 Å². The number of halogens is 1. The summed E-state index contributed by atoms with van der Waals surface area (Å²) in [5.41, 5.74) is 1.21. The third-order valence-electron chi connectivity index (χ3n) is 3.78. The molecule has 0 spiro atoms. The van der Waals surface area contributed by atoms with E-state index in [1.807, 2.05) is 13.0 Å². The topological polar surface area (TPSA) is 81.8 Å². The van der Waals surface area contributed by atoms with E-state index < -0.39 is 5.91 Å². The van der Waals surface area contributed by atoms with E-state index in [-0.39, 0.29) is 16.8 Å². The molecule has 0 aliphatic carbocycles. The zero-order valence-electron chi connectivity index (χ0n) is 13.7. The third-order valence-corrected chi connectivity index (χ3v) is 4.10. The fourth-order valence-corrected chi connectivity index (χ4v) is 2.60. The van der Waals surface area contributed by atoms with Gasteiger partial charge in [0.15, 0.2) is 5.69 Å². The normalized spacial score (nSPS) is 10.7. The van der Waals surface area contributed by atoms with Crippen LogP contribution in [0, 0.1) is 6.92 Å². The summed E-state index contributed by atoms with van der Waals surface area (Å²) in [4.78, 5) is 24.4. The van der Waals surface area contributed by atoms with Crippen molar-refractivity contribution in [1.82, 2.24) is 19.6 Å². The minimum absolute atomic E-state index is 0.131. The van der Waals surface area contributed by atoms with Crippen LogP contribution < -0.4 is 10.7 Å². The highest BCUT2D eigenvalue weighted by atomic mass is 35.5. The molecule has 2 aromatic heterocycles. The van der Waals surface area contributed by atoms with Gasteiger partial charge in [0.2, 0.25) is 5.43 Å². The van der Waals surface area contributed by atoms with Gasteiger partial charge < -0.3 is 9.88 Å². The molecule has 1 N–H and O–H groups in total. The van der Waals surface area contributed by atoms with E-state index in [1.165, 1.54) is 10.7 Å². The molecule has 3 aromatic rings. The number of para-hydroxylation sites is 1. The Hall–Kier alpha value is -2.93. The highest BCUT2D eigenvalue weighted by Gasteiger charge is 2.19. The van der Waals surface area contributed by atoms with Gasteiger partial charge in [0.05, 0.1) is 16.4 Å². The van der Waals surface area contributed by atoms with Gasteiger partial charge >= 0.3 is 0 Å². The maximum Gasteiger partial charge on any atom is 0.278 e. The van der Waals surface area contributed by atoms with Crippen LogP contribution >= 0.6 is 11.6 Å². The van der Waals surface area contributed by atoms with E-state index in [1.54, 1.807) is 42.1 Å². The molecule has 0 saturated carbocycles. The molecule has 0 atom stereocenters. The fourth-order valence-electron chi connectivity index (χ4n) is 2.39. The smallest absolute Gasteiger partial charge is 0.278 e. The highest BCUT2D eigenvalue weighted by molar-refractivity contribution is 6.32. The molecule has 0 fully saturated rings. The number of carbonyl (C=O) groups is 1. The average Bonchev–Trinajstić information content (AvgIpc) is 2.98. The number of pyridine rings is 1. The Morgan fingerprint density at radius 2 is 2.04 bits per heavy atom. The summed E-state index contributed by atoms with van der Waals surface area (Å²) < 4.78 is 3.29. The van der Waals surface area contributed by atoms with Crippen molar-refractivity contribution < 1.29 is 4.79 Å². The van der Waals surface area contributed by atoms with Crippen LogP contribution in [0.5, 0.6) is 0 Å². The number of carbonyl (C=O) groups excluding carboxylic acids is 1. The van der Waals surface area contributed by atoms with Gasteiger partial charge in [-0.2, -0.15) is 0 Å². The molecule has 25 heavy (non-hydrogen) atoms. The Morgan fingerprint density at radius 1 is 1.28 bits per heavy atom. The minimum atomic E-state index is -0.498. The van der Waals surface area contributed by atoms with Crippen LogP contribution in [0.25, 0.3) is 5.69 Å². The van der Waals surface area contributed by atoms with Crippen LogP contribution in [0.1, 0.15) is 23.1 Å². The van der Waals surface area contributed by atoms with Gasteiger partial charge in [-0.05, 0) is 26.0 Å². The van der Waals surface area contributed by atoms with Crippen LogP contribution in [0.3, 0.4) is 0 Å². The number of amides is 1. The maximum atomic E-state index is 12.5. The molecule has 128 valence electrons. The number of benzene rings is 1. The molecule has 0 aliphatic heterocycles. The minimum Gasteiger partial charge on any atom is -0.352 e. The summed E-state index contributed by atoms with van der Waals surface area (Å²) in [6.45, 7) is 4.34. The van der Waals surface area contributed by atoms with Crippen LogP contribution in [-0.4, -0.2) is 25.5 Å². The Labute approximate surface area is 148 Å². The Kier molecular flexibility index (Phi) is 4.67. The van der Waals surface area contributed by atoms with Crippen molar-refractivity contribution in [1.29, 1.82) is 0 Å². The largest absolute Gasteiger partial charge is 0.352 e. The molecular formula is C17H16ClN5O2. The Balaban J connectivity index is 1.92. The van der Waals surface area contributed by atoms with Crippen LogP contribution in [0.4, 0.5) is 5.69 Å². The molecule has 0 bridgehead atoms. The lowest BCUT2D eigenvalue weighted by Crippen LogP contribution is -2.20. The van der Waals surface area contributed by atoms with Crippen molar-refractivity contribution in [3.63, 3.8) is 0 Å². The van der Waals surface area contributed by atoms with Gasteiger partial charge in [0.25, 0.3) is 5.91 Å². The second-order valence-corrected chi connectivity index (χ2v) is 5.80. The lowest BCUT2D eigenvalue weighted by atomic mass is 10.2. The number of nitrogens with one attached hydrogen (secondary N) is 1. The number of hydrogen-bond donors (Lipinski definition) is 1. The molecule has 2 heterocycles. The van der Waals surface area contributed by atoms with Gasteiger partial charge in [0, 0.05) is 25.0 Å². The quantitative estimate of drug-likeness (QED) is 0.778. The lowest BCUT2D eigenvalue weighted by Gasteiger charge is -2.08. The maximum absolute atomic E-state index is 12.5. The van der Waals surface area contributed by atoms with Gasteiger partial charge in [-0.1, -0.05) is 28.9 Å². The molecule has 7 nitrogen and oxygen atoms in total. The Morgan fingerprint density at radius 3 is 2.76 bits per heavy atom. The summed E-state index contributed by atoms with van der Waals surface area (Å²) in [7, 11) is 0.